The molecule has 0 saturated carbocycles. The van der Waals surface area contributed by atoms with Gasteiger partial charge < -0.3 is 4.90 Å². The normalized spacial score (nSPS) is 14.9. The zero-order chi connectivity index (χ0) is 23.7. The van der Waals surface area contributed by atoms with Crippen LogP contribution in [0.1, 0.15) is 22.6 Å². The predicted octanol–water partition coefficient (Wildman–Crippen LogP) is 5.50. The van der Waals surface area contributed by atoms with E-state index in [0.29, 0.717) is 13.0 Å². The number of fused-ring (bicyclic) bond motifs is 2. The molecule has 5 nitrogen and oxygen atoms in total. The quantitative estimate of drug-likeness (QED) is 0.287. The van der Waals surface area contributed by atoms with Gasteiger partial charge in [0.1, 0.15) is 4.70 Å². The van der Waals surface area contributed by atoms with E-state index in [4.69, 9.17) is 0 Å². The van der Waals surface area contributed by atoms with Gasteiger partial charge in [-0.1, -0.05) is 72.0 Å². The molecule has 0 aliphatic carbocycles. The molecule has 7 heteroatoms. The lowest BCUT2D eigenvalue weighted by atomic mass is 9.95. The van der Waals surface area contributed by atoms with Crippen LogP contribution in [-0.2, 0) is 16.7 Å². The van der Waals surface area contributed by atoms with Gasteiger partial charge in [0.25, 0.3) is 15.1 Å². The summed E-state index contributed by atoms with van der Waals surface area (Å²) in [5, 5.41) is 1.04. The molecule has 0 fully saturated rings. The standard InChI is InChI=1S/C27H24N2O3S2/c1-28-23-13-6-5-12-22(23)21(18-25(28)20-10-3-2-4-11-20)19-27-29(16-9-17-34(30,31)32)24-14-7-8-15-26(24)33-27/h2-8,10-15,18-19H,9,16-17H2,1H3/p+1. The van der Waals surface area contributed by atoms with E-state index in [9.17, 15) is 13.0 Å². The number of hydrogen-bond acceptors (Lipinski definition) is 4. The second-order valence-corrected chi connectivity index (χ2v) is 10.9. The number of aryl methyl sites for hydroxylation is 1. The Kier molecular flexibility index (Phi) is 6.08. The van der Waals surface area contributed by atoms with Crippen molar-refractivity contribution in [2.45, 2.75) is 13.0 Å². The monoisotopic (exact) mass is 489 g/mol. The summed E-state index contributed by atoms with van der Waals surface area (Å²) in [5.74, 6) is -0.258. The summed E-state index contributed by atoms with van der Waals surface area (Å²) in [7, 11) is -1.91. The van der Waals surface area contributed by atoms with Crippen LogP contribution in [-0.4, -0.2) is 25.8 Å². The third-order valence-electron chi connectivity index (χ3n) is 6.00. The Morgan fingerprint density at radius 3 is 2.47 bits per heavy atom. The highest BCUT2D eigenvalue weighted by Gasteiger charge is 2.24. The maximum Gasteiger partial charge on any atom is 0.265 e. The molecule has 0 radical (unpaired) electrons. The van der Waals surface area contributed by atoms with Crippen LogP contribution in [0.3, 0.4) is 0 Å². The first kappa shape index (κ1) is 22.5. The Balaban J connectivity index is 1.65. The summed E-state index contributed by atoms with van der Waals surface area (Å²) in [4.78, 5) is 2.22. The molecular weight excluding hydrogens is 464 g/mol. The van der Waals surface area contributed by atoms with Crippen LogP contribution < -0.4 is 9.47 Å². The molecule has 0 unspecified atom stereocenters. The number of thiazole rings is 1. The van der Waals surface area contributed by atoms with Gasteiger partial charge in [0.2, 0.25) is 5.52 Å². The first-order valence-corrected chi connectivity index (χ1v) is 13.5. The summed E-state index contributed by atoms with van der Waals surface area (Å²) < 4.78 is 35.1. The molecule has 1 aliphatic rings. The molecule has 0 saturated heterocycles. The molecular formula is C27H25N2O3S2+. The largest absolute Gasteiger partial charge is 0.344 e. The first-order chi connectivity index (χ1) is 16.4. The highest BCUT2D eigenvalue weighted by molar-refractivity contribution is 7.85. The van der Waals surface area contributed by atoms with Gasteiger partial charge >= 0.3 is 0 Å². The molecule has 172 valence electrons. The smallest absolute Gasteiger partial charge is 0.265 e. The fourth-order valence-corrected chi connectivity index (χ4v) is 6.03. The zero-order valence-electron chi connectivity index (χ0n) is 18.8. The first-order valence-electron chi connectivity index (χ1n) is 11.1. The number of allylic oxidation sites excluding steroid dienone is 2. The average molecular weight is 490 g/mol. The summed E-state index contributed by atoms with van der Waals surface area (Å²) in [6, 6.07) is 26.8. The van der Waals surface area contributed by atoms with Crippen LogP contribution in [0.4, 0.5) is 5.69 Å². The summed E-state index contributed by atoms with van der Waals surface area (Å²) in [6.45, 7) is 0.500. The zero-order valence-corrected chi connectivity index (χ0v) is 20.4. The Bertz CT molecular complexity index is 1520. The fourth-order valence-electron chi connectivity index (χ4n) is 4.40. The SMILES string of the molecule is CN1C(c2ccccc2)=C/C(=C\c2sc3ccccc3[n+]2CCCS(=O)(=O)O)c2ccccc21. The van der Waals surface area contributed by atoms with Gasteiger partial charge in [-0.2, -0.15) is 13.0 Å². The van der Waals surface area contributed by atoms with Crippen LogP contribution >= 0.6 is 11.3 Å². The van der Waals surface area contributed by atoms with Crippen molar-refractivity contribution < 1.29 is 17.5 Å². The topological polar surface area (TPSA) is 61.5 Å². The van der Waals surface area contributed by atoms with E-state index in [0.717, 1.165) is 43.3 Å². The van der Waals surface area contributed by atoms with Crippen molar-refractivity contribution in [1.29, 1.82) is 0 Å². The number of nitrogens with zero attached hydrogens (tertiary/aromatic N) is 2. The van der Waals surface area contributed by atoms with Gasteiger partial charge in [-0.05, 0) is 29.3 Å². The van der Waals surface area contributed by atoms with Crippen molar-refractivity contribution in [3.63, 3.8) is 0 Å². The lowest BCUT2D eigenvalue weighted by molar-refractivity contribution is -0.668. The van der Waals surface area contributed by atoms with Gasteiger partial charge in [-0.15, -0.1) is 0 Å². The van der Waals surface area contributed by atoms with Crippen molar-refractivity contribution in [3.8, 4) is 0 Å². The Hall–Kier alpha value is -3.26. The van der Waals surface area contributed by atoms with Crippen molar-refractivity contribution in [3.05, 3.63) is 101 Å². The molecule has 5 rings (SSSR count). The number of aromatic nitrogens is 1. The highest BCUT2D eigenvalue weighted by Crippen LogP contribution is 2.39. The van der Waals surface area contributed by atoms with E-state index in [2.05, 4.69) is 71.1 Å². The number of anilines is 1. The molecule has 4 aromatic rings. The van der Waals surface area contributed by atoms with E-state index in [1.807, 2.05) is 36.4 Å². The second-order valence-electron chi connectivity index (χ2n) is 8.27. The predicted molar refractivity (Wildman–Crippen MR) is 140 cm³/mol. The van der Waals surface area contributed by atoms with Crippen molar-refractivity contribution in [2.75, 3.05) is 17.7 Å². The molecule has 3 aromatic carbocycles. The maximum absolute atomic E-state index is 11.3. The van der Waals surface area contributed by atoms with Gasteiger partial charge in [0.15, 0.2) is 6.54 Å². The van der Waals surface area contributed by atoms with Crippen LogP contribution in [0.2, 0.25) is 0 Å². The lowest BCUT2D eigenvalue weighted by Crippen LogP contribution is -2.36. The van der Waals surface area contributed by atoms with E-state index in [-0.39, 0.29) is 5.75 Å². The van der Waals surface area contributed by atoms with Gasteiger partial charge in [-0.25, -0.2) is 0 Å². The third kappa shape index (κ3) is 4.55. The van der Waals surface area contributed by atoms with E-state index in [1.165, 1.54) is 0 Å². The average Bonchev–Trinajstić information content (AvgIpc) is 3.18. The molecule has 0 amide bonds. The number of benzene rings is 3. The molecule has 1 aliphatic heterocycles. The van der Waals surface area contributed by atoms with Gasteiger partial charge in [0.05, 0.1) is 5.75 Å². The molecule has 0 atom stereocenters. The van der Waals surface area contributed by atoms with Gasteiger partial charge in [-0.3, -0.25) is 4.55 Å². The number of rotatable bonds is 6. The van der Waals surface area contributed by atoms with Crippen LogP contribution in [0.25, 0.3) is 27.6 Å². The summed E-state index contributed by atoms with van der Waals surface area (Å²) in [5.41, 5.74) is 6.69. The highest BCUT2D eigenvalue weighted by atomic mass is 32.2. The molecule has 1 aromatic heterocycles. The van der Waals surface area contributed by atoms with E-state index in [1.54, 1.807) is 11.3 Å². The minimum atomic E-state index is -4.00. The van der Waals surface area contributed by atoms with E-state index >= 15 is 0 Å². The maximum atomic E-state index is 11.3. The second kappa shape index (κ2) is 9.18. The molecule has 1 N–H and O–H groups in total. The Morgan fingerprint density at radius 2 is 1.68 bits per heavy atom. The van der Waals surface area contributed by atoms with Crippen LogP contribution in [0.15, 0.2) is 84.9 Å². The van der Waals surface area contributed by atoms with Crippen molar-refractivity contribution in [1.82, 2.24) is 0 Å². The Labute approximate surface area is 203 Å². The fraction of sp³-hybridized carbons (Fsp3) is 0.148. The summed E-state index contributed by atoms with van der Waals surface area (Å²) in [6.07, 6.45) is 4.74. The summed E-state index contributed by atoms with van der Waals surface area (Å²) >= 11 is 1.68. The Morgan fingerprint density at radius 1 is 0.971 bits per heavy atom. The van der Waals surface area contributed by atoms with Crippen LogP contribution in [0, 0.1) is 0 Å². The molecule has 34 heavy (non-hydrogen) atoms. The van der Waals surface area contributed by atoms with Crippen LogP contribution in [0.5, 0.6) is 0 Å². The number of hydrogen-bond donors (Lipinski definition) is 1. The lowest BCUT2D eigenvalue weighted by Gasteiger charge is -2.30. The third-order valence-corrected chi connectivity index (χ3v) is 7.92. The van der Waals surface area contributed by atoms with Crippen molar-refractivity contribution >= 4 is 54.7 Å². The van der Waals surface area contributed by atoms with Gasteiger partial charge in [0, 0.05) is 42.6 Å². The molecule has 0 spiro atoms. The minimum absolute atomic E-state index is 0.258. The number of para-hydroxylation sites is 2. The minimum Gasteiger partial charge on any atom is -0.344 e. The van der Waals surface area contributed by atoms with Crippen molar-refractivity contribution in [2.24, 2.45) is 0 Å². The molecule has 2 heterocycles. The van der Waals surface area contributed by atoms with E-state index < -0.39 is 10.1 Å². The molecule has 0 bridgehead atoms.